The Hall–Kier alpha value is -3.26. The molecule has 0 aliphatic rings. The molecule has 0 radical (unpaired) electrons. The molecule has 2 rings (SSSR count). The van der Waals surface area contributed by atoms with Crippen molar-refractivity contribution in [1.29, 1.82) is 5.26 Å². The van der Waals surface area contributed by atoms with Gasteiger partial charge in [-0.05, 0) is 61.7 Å². The van der Waals surface area contributed by atoms with Crippen molar-refractivity contribution in [2.75, 3.05) is 19.0 Å². The number of hydrogen-bond donors (Lipinski definition) is 1. The summed E-state index contributed by atoms with van der Waals surface area (Å²) in [6, 6.07) is 13.0. The zero-order chi connectivity index (χ0) is 19.1. The van der Waals surface area contributed by atoms with Gasteiger partial charge in [0.25, 0.3) is 5.91 Å². The summed E-state index contributed by atoms with van der Waals surface area (Å²) in [7, 11) is 1.56. The predicted molar refractivity (Wildman–Crippen MR) is 102 cm³/mol. The van der Waals surface area contributed by atoms with E-state index >= 15 is 0 Å². The maximum Gasteiger partial charge on any atom is 0.266 e. The van der Waals surface area contributed by atoms with E-state index in [1.807, 2.05) is 45.0 Å². The van der Waals surface area contributed by atoms with Crippen LogP contribution in [0.3, 0.4) is 0 Å². The van der Waals surface area contributed by atoms with E-state index in [-0.39, 0.29) is 5.57 Å². The summed E-state index contributed by atoms with van der Waals surface area (Å²) in [5, 5.41) is 12.2. The number of aryl methyl sites for hydroxylation is 2. The van der Waals surface area contributed by atoms with E-state index in [0.29, 0.717) is 29.4 Å². The van der Waals surface area contributed by atoms with Crippen molar-refractivity contribution in [2.24, 2.45) is 0 Å². The Labute approximate surface area is 153 Å². The lowest BCUT2D eigenvalue weighted by Gasteiger charge is -2.10. The highest BCUT2D eigenvalue weighted by molar-refractivity contribution is 6.10. The molecule has 0 heterocycles. The molecule has 0 saturated carbocycles. The molecule has 5 nitrogen and oxygen atoms in total. The third kappa shape index (κ3) is 4.64. The van der Waals surface area contributed by atoms with E-state index in [4.69, 9.17) is 9.47 Å². The van der Waals surface area contributed by atoms with E-state index in [1.54, 1.807) is 25.3 Å². The third-order valence-corrected chi connectivity index (χ3v) is 3.80. The van der Waals surface area contributed by atoms with Crippen molar-refractivity contribution >= 4 is 17.7 Å². The minimum absolute atomic E-state index is 0.0125. The van der Waals surface area contributed by atoms with Gasteiger partial charge in [-0.1, -0.05) is 18.2 Å². The number of ether oxygens (including phenoxy) is 2. The van der Waals surface area contributed by atoms with E-state index in [2.05, 4.69) is 5.32 Å². The van der Waals surface area contributed by atoms with Gasteiger partial charge in [-0.15, -0.1) is 0 Å². The average Bonchev–Trinajstić information content (AvgIpc) is 2.63. The van der Waals surface area contributed by atoms with E-state index in [0.717, 1.165) is 11.1 Å². The lowest BCUT2D eigenvalue weighted by molar-refractivity contribution is -0.112. The Morgan fingerprint density at radius 1 is 1.19 bits per heavy atom. The molecule has 5 heteroatoms. The van der Waals surface area contributed by atoms with Crippen molar-refractivity contribution in [3.05, 3.63) is 58.7 Å². The summed E-state index contributed by atoms with van der Waals surface area (Å²) in [6.45, 7) is 6.22. The number of methoxy groups -OCH3 is 1. The van der Waals surface area contributed by atoms with Gasteiger partial charge < -0.3 is 14.8 Å². The van der Waals surface area contributed by atoms with Crippen molar-refractivity contribution in [3.63, 3.8) is 0 Å². The molecule has 2 aromatic rings. The van der Waals surface area contributed by atoms with Gasteiger partial charge in [0.1, 0.15) is 11.6 Å². The normalized spacial score (nSPS) is 10.8. The molecule has 0 bridgehead atoms. The molecule has 0 aromatic heterocycles. The van der Waals surface area contributed by atoms with Crippen LogP contribution in [0.1, 0.15) is 23.6 Å². The summed E-state index contributed by atoms with van der Waals surface area (Å²) in [5.74, 6) is 0.716. The van der Waals surface area contributed by atoms with Crippen LogP contribution < -0.4 is 14.8 Å². The second kappa shape index (κ2) is 8.72. The molecule has 0 unspecified atom stereocenters. The first-order valence-electron chi connectivity index (χ1n) is 8.29. The zero-order valence-corrected chi connectivity index (χ0v) is 15.4. The standard InChI is InChI=1S/C21H22N2O3/c1-5-26-20-12-16(8-9-19(20)25-4)11-17(13-22)21(24)23-18-10-14(2)6-7-15(18)3/h6-12H,5H2,1-4H3,(H,23,24)/b17-11+. The van der Waals surface area contributed by atoms with Gasteiger partial charge in [0.05, 0.1) is 13.7 Å². The molecule has 2 aromatic carbocycles. The Bertz CT molecular complexity index is 879. The largest absolute Gasteiger partial charge is 0.493 e. The van der Waals surface area contributed by atoms with Gasteiger partial charge in [-0.3, -0.25) is 4.79 Å². The Balaban J connectivity index is 2.29. The first-order chi connectivity index (χ1) is 12.5. The molecule has 0 fully saturated rings. The minimum atomic E-state index is -0.449. The number of nitrogens with zero attached hydrogens (tertiary/aromatic N) is 1. The Kier molecular flexibility index (Phi) is 6.40. The first kappa shape index (κ1) is 19.1. The quantitative estimate of drug-likeness (QED) is 0.624. The fourth-order valence-corrected chi connectivity index (χ4v) is 2.43. The van der Waals surface area contributed by atoms with Crippen molar-refractivity contribution in [3.8, 4) is 17.6 Å². The number of nitriles is 1. The number of carbonyl (C=O) groups is 1. The molecule has 1 N–H and O–H groups in total. The SMILES string of the molecule is CCOc1cc(/C=C(\C#N)C(=O)Nc2cc(C)ccc2C)ccc1OC. The number of benzene rings is 2. The third-order valence-electron chi connectivity index (χ3n) is 3.80. The number of carbonyl (C=O) groups excluding carboxylic acids is 1. The van der Waals surface area contributed by atoms with Gasteiger partial charge in [-0.25, -0.2) is 0 Å². The summed E-state index contributed by atoms with van der Waals surface area (Å²) in [6.07, 6.45) is 1.53. The topological polar surface area (TPSA) is 71.3 Å². The summed E-state index contributed by atoms with van der Waals surface area (Å²) in [4.78, 5) is 12.5. The molecule has 0 aliphatic carbocycles. The molecule has 1 amide bonds. The average molecular weight is 350 g/mol. The molecule has 0 spiro atoms. The number of nitrogens with one attached hydrogen (secondary N) is 1. The number of anilines is 1. The smallest absolute Gasteiger partial charge is 0.266 e. The number of amides is 1. The highest BCUT2D eigenvalue weighted by Crippen LogP contribution is 2.29. The lowest BCUT2D eigenvalue weighted by atomic mass is 10.1. The molecule has 134 valence electrons. The van der Waals surface area contributed by atoms with E-state index in [9.17, 15) is 10.1 Å². The van der Waals surface area contributed by atoms with Crippen LogP contribution in [0.4, 0.5) is 5.69 Å². The van der Waals surface area contributed by atoms with Gasteiger partial charge in [0, 0.05) is 5.69 Å². The van der Waals surface area contributed by atoms with Crippen LogP contribution in [-0.4, -0.2) is 19.6 Å². The first-order valence-corrected chi connectivity index (χ1v) is 8.29. The molecular weight excluding hydrogens is 328 g/mol. The number of rotatable bonds is 6. The van der Waals surface area contributed by atoms with Crippen LogP contribution in [0.15, 0.2) is 42.0 Å². The Morgan fingerprint density at radius 2 is 1.96 bits per heavy atom. The monoisotopic (exact) mass is 350 g/mol. The van der Waals surface area contributed by atoms with Crippen LogP contribution in [0.5, 0.6) is 11.5 Å². The van der Waals surface area contributed by atoms with Crippen LogP contribution in [-0.2, 0) is 4.79 Å². The second-order valence-corrected chi connectivity index (χ2v) is 5.79. The van der Waals surface area contributed by atoms with Gasteiger partial charge in [-0.2, -0.15) is 5.26 Å². The molecule has 0 saturated heterocycles. The second-order valence-electron chi connectivity index (χ2n) is 5.79. The molecular formula is C21H22N2O3. The predicted octanol–water partition coefficient (Wildman–Crippen LogP) is 4.26. The van der Waals surface area contributed by atoms with Gasteiger partial charge >= 0.3 is 0 Å². The highest BCUT2D eigenvalue weighted by Gasteiger charge is 2.12. The molecule has 26 heavy (non-hydrogen) atoms. The van der Waals surface area contributed by atoms with Gasteiger partial charge in [0.15, 0.2) is 11.5 Å². The molecule has 0 aliphatic heterocycles. The Morgan fingerprint density at radius 3 is 2.62 bits per heavy atom. The van der Waals surface area contributed by atoms with E-state index in [1.165, 1.54) is 6.08 Å². The van der Waals surface area contributed by atoms with Gasteiger partial charge in [0.2, 0.25) is 0 Å². The van der Waals surface area contributed by atoms with Crippen molar-refractivity contribution < 1.29 is 14.3 Å². The molecule has 0 atom stereocenters. The number of hydrogen-bond acceptors (Lipinski definition) is 4. The van der Waals surface area contributed by atoms with Crippen LogP contribution in [0.2, 0.25) is 0 Å². The summed E-state index contributed by atoms with van der Waals surface area (Å²) < 4.78 is 10.8. The van der Waals surface area contributed by atoms with Crippen molar-refractivity contribution in [1.82, 2.24) is 0 Å². The highest BCUT2D eigenvalue weighted by atomic mass is 16.5. The van der Waals surface area contributed by atoms with Crippen molar-refractivity contribution in [2.45, 2.75) is 20.8 Å². The summed E-state index contributed by atoms with van der Waals surface area (Å²) in [5.41, 5.74) is 3.36. The van der Waals surface area contributed by atoms with E-state index < -0.39 is 5.91 Å². The summed E-state index contributed by atoms with van der Waals surface area (Å²) >= 11 is 0. The fraction of sp³-hybridized carbons (Fsp3) is 0.238. The maximum absolute atomic E-state index is 12.5. The van der Waals surface area contributed by atoms with Crippen LogP contribution in [0, 0.1) is 25.2 Å². The zero-order valence-electron chi connectivity index (χ0n) is 15.4. The van der Waals surface area contributed by atoms with Crippen LogP contribution >= 0.6 is 0 Å². The van der Waals surface area contributed by atoms with Crippen LogP contribution in [0.25, 0.3) is 6.08 Å². The lowest BCUT2D eigenvalue weighted by Crippen LogP contribution is -2.14. The fourth-order valence-electron chi connectivity index (χ4n) is 2.43. The maximum atomic E-state index is 12.5. The minimum Gasteiger partial charge on any atom is -0.493 e.